The normalized spacial score (nSPS) is 12.1. The smallest absolute Gasteiger partial charge is 0.303 e. The second-order valence-corrected chi connectivity index (χ2v) is 7.44. The van der Waals surface area contributed by atoms with E-state index in [1.54, 1.807) is 0 Å². The standard InChI is InChI=1S/C18H25F3O2.CH2O2/c1-18(2,3)7-5-4-6-12(9-17(22)23)8-13-10-15(20)16(21)11-14(13)19;2-1-3/h10-12H,4-9H2,1-3H3,(H,22,23);1H,(H,2,3). The minimum absolute atomic E-state index is 0.0333. The van der Waals surface area contributed by atoms with Gasteiger partial charge in [0.1, 0.15) is 5.82 Å². The van der Waals surface area contributed by atoms with Crippen molar-refractivity contribution in [2.45, 2.75) is 59.3 Å². The van der Waals surface area contributed by atoms with Gasteiger partial charge in [0.25, 0.3) is 6.47 Å². The SMILES string of the molecule is CC(C)(C)CCCCC(CC(=O)O)Cc1cc(F)c(F)cc1F.O=CO. The number of carboxylic acids is 1. The first-order valence-corrected chi connectivity index (χ1v) is 8.43. The van der Waals surface area contributed by atoms with E-state index >= 15 is 0 Å². The van der Waals surface area contributed by atoms with Gasteiger partial charge < -0.3 is 10.2 Å². The molecule has 0 aliphatic rings. The van der Waals surface area contributed by atoms with Crippen molar-refractivity contribution >= 4 is 12.4 Å². The largest absolute Gasteiger partial charge is 0.483 e. The molecule has 1 aromatic rings. The average molecular weight is 376 g/mol. The number of unbranched alkanes of at least 4 members (excludes halogenated alkanes) is 1. The Labute approximate surface area is 152 Å². The van der Waals surface area contributed by atoms with Crippen LogP contribution in [-0.2, 0) is 16.0 Å². The fraction of sp³-hybridized carbons (Fsp3) is 0.579. The van der Waals surface area contributed by atoms with Crippen LogP contribution in [0.4, 0.5) is 13.2 Å². The molecule has 0 spiro atoms. The van der Waals surface area contributed by atoms with Crippen LogP contribution in [-0.4, -0.2) is 22.7 Å². The zero-order chi connectivity index (χ0) is 20.3. The Hall–Kier alpha value is -2.05. The quantitative estimate of drug-likeness (QED) is 0.378. The molecular weight excluding hydrogens is 349 g/mol. The van der Waals surface area contributed by atoms with Crippen molar-refractivity contribution in [1.29, 1.82) is 0 Å². The molecule has 0 amide bonds. The first-order valence-electron chi connectivity index (χ1n) is 8.43. The van der Waals surface area contributed by atoms with E-state index in [-0.39, 0.29) is 36.2 Å². The number of hydrogen-bond acceptors (Lipinski definition) is 2. The third kappa shape index (κ3) is 10.7. The lowest BCUT2D eigenvalue weighted by Crippen LogP contribution is -2.13. The molecular formula is C19H27F3O4. The molecule has 0 aliphatic heterocycles. The average Bonchev–Trinajstić information content (AvgIpc) is 2.48. The monoisotopic (exact) mass is 376 g/mol. The van der Waals surface area contributed by atoms with Crippen LogP contribution in [0.1, 0.15) is 58.4 Å². The van der Waals surface area contributed by atoms with Gasteiger partial charge in [-0.3, -0.25) is 9.59 Å². The molecule has 1 atom stereocenters. The lowest BCUT2D eigenvalue weighted by atomic mass is 9.86. The number of halogens is 3. The molecule has 0 heterocycles. The van der Waals surface area contributed by atoms with Crippen LogP contribution in [0.5, 0.6) is 0 Å². The molecule has 4 nitrogen and oxygen atoms in total. The molecule has 148 valence electrons. The maximum atomic E-state index is 13.7. The summed E-state index contributed by atoms with van der Waals surface area (Å²) in [4.78, 5) is 19.3. The molecule has 26 heavy (non-hydrogen) atoms. The van der Waals surface area contributed by atoms with Gasteiger partial charge in [-0.25, -0.2) is 13.2 Å². The molecule has 0 bridgehead atoms. The Morgan fingerprint density at radius 3 is 2.15 bits per heavy atom. The van der Waals surface area contributed by atoms with Crippen molar-refractivity contribution in [3.8, 4) is 0 Å². The number of hydrogen-bond donors (Lipinski definition) is 2. The van der Waals surface area contributed by atoms with E-state index < -0.39 is 23.4 Å². The first-order chi connectivity index (χ1) is 12.0. The number of carbonyl (C=O) groups is 2. The van der Waals surface area contributed by atoms with Crippen LogP contribution in [0, 0.1) is 28.8 Å². The fourth-order valence-corrected chi connectivity index (χ4v) is 2.64. The molecule has 7 heteroatoms. The van der Waals surface area contributed by atoms with E-state index in [0.29, 0.717) is 12.5 Å². The van der Waals surface area contributed by atoms with Gasteiger partial charge in [0.05, 0.1) is 0 Å². The summed E-state index contributed by atoms with van der Waals surface area (Å²) in [6, 6.07) is 1.34. The summed E-state index contributed by atoms with van der Waals surface area (Å²) in [7, 11) is 0. The van der Waals surface area contributed by atoms with E-state index in [4.69, 9.17) is 15.0 Å². The van der Waals surface area contributed by atoms with E-state index in [2.05, 4.69) is 20.8 Å². The zero-order valence-electron chi connectivity index (χ0n) is 15.4. The van der Waals surface area contributed by atoms with E-state index in [1.165, 1.54) is 0 Å². The minimum Gasteiger partial charge on any atom is -0.483 e. The molecule has 0 saturated carbocycles. The zero-order valence-corrected chi connectivity index (χ0v) is 15.4. The lowest BCUT2D eigenvalue weighted by molar-refractivity contribution is -0.138. The first kappa shape index (κ1) is 23.9. The summed E-state index contributed by atoms with van der Waals surface area (Å²) in [6.45, 7) is 6.16. The Morgan fingerprint density at radius 1 is 1.12 bits per heavy atom. The molecule has 0 saturated heterocycles. The molecule has 0 radical (unpaired) electrons. The maximum absolute atomic E-state index is 13.7. The second-order valence-electron chi connectivity index (χ2n) is 7.44. The van der Waals surface area contributed by atoms with Gasteiger partial charge in [0.15, 0.2) is 11.6 Å². The highest BCUT2D eigenvalue weighted by molar-refractivity contribution is 5.67. The van der Waals surface area contributed by atoms with E-state index in [1.807, 2.05) is 0 Å². The maximum Gasteiger partial charge on any atom is 0.303 e. The van der Waals surface area contributed by atoms with E-state index in [0.717, 1.165) is 25.3 Å². The molecule has 1 rings (SSSR count). The van der Waals surface area contributed by atoms with Crippen LogP contribution >= 0.6 is 0 Å². The van der Waals surface area contributed by atoms with Gasteiger partial charge in [-0.1, -0.05) is 33.6 Å². The fourth-order valence-electron chi connectivity index (χ4n) is 2.64. The molecule has 0 aliphatic carbocycles. The predicted molar refractivity (Wildman–Crippen MR) is 92.4 cm³/mol. The van der Waals surface area contributed by atoms with Gasteiger partial charge in [-0.2, -0.15) is 0 Å². The van der Waals surface area contributed by atoms with Crippen molar-refractivity contribution in [2.24, 2.45) is 11.3 Å². The lowest BCUT2D eigenvalue weighted by Gasteiger charge is -2.19. The Bertz CT molecular complexity index is 583. The van der Waals surface area contributed by atoms with Gasteiger partial charge in [0, 0.05) is 12.5 Å². The number of carboxylic acid groups (broad SMARTS) is 2. The summed E-state index contributed by atoms with van der Waals surface area (Å²) < 4.78 is 39.9. The summed E-state index contributed by atoms with van der Waals surface area (Å²) in [5.74, 6) is -4.41. The second kappa shape index (κ2) is 11.5. The highest BCUT2D eigenvalue weighted by atomic mass is 19.2. The summed E-state index contributed by atoms with van der Waals surface area (Å²) in [6.07, 6.45) is 3.44. The van der Waals surface area contributed by atoms with Crippen molar-refractivity contribution in [3.05, 3.63) is 35.1 Å². The minimum atomic E-state index is -1.23. The van der Waals surface area contributed by atoms with Crippen molar-refractivity contribution < 1.29 is 33.0 Å². The third-order valence-electron chi connectivity index (χ3n) is 3.85. The van der Waals surface area contributed by atoms with Gasteiger partial charge in [-0.05, 0) is 42.2 Å². The molecule has 2 N–H and O–H groups in total. The van der Waals surface area contributed by atoms with Crippen molar-refractivity contribution in [2.75, 3.05) is 0 Å². The van der Waals surface area contributed by atoms with Gasteiger partial charge in [0.2, 0.25) is 0 Å². The topological polar surface area (TPSA) is 74.6 Å². The van der Waals surface area contributed by atoms with Crippen LogP contribution in [0.2, 0.25) is 0 Å². The van der Waals surface area contributed by atoms with E-state index in [9.17, 15) is 18.0 Å². The Morgan fingerprint density at radius 2 is 1.65 bits per heavy atom. The van der Waals surface area contributed by atoms with Crippen LogP contribution in [0.3, 0.4) is 0 Å². The number of rotatable bonds is 8. The Balaban J connectivity index is 0.00000194. The molecule has 1 aromatic carbocycles. The van der Waals surface area contributed by atoms with Crippen LogP contribution in [0.25, 0.3) is 0 Å². The summed E-state index contributed by atoms with van der Waals surface area (Å²) >= 11 is 0. The third-order valence-corrected chi connectivity index (χ3v) is 3.85. The van der Waals surface area contributed by atoms with Crippen LogP contribution < -0.4 is 0 Å². The molecule has 0 aromatic heterocycles. The number of benzene rings is 1. The highest BCUT2D eigenvalue weighted by Gasteiger charge is 2.18. The summed E-state index contributed by atoms with van der Waals surface area (Å²) in [5, 5.41) is 15.9. The van der Waals surface area contributed by atoms with Gasteiger partial charge >= 0.3 is 5.97 Å². The van der Waals surface area contributed by atoms with Gasteiger partial charge in [-0.15, -0.1) is 0 Å². The van der Waals surface area contributed by atoms with Crippen molar-refractivity contribution in [1.82, 2.24) is 0 Å². The molecule has 0 fully saturated rings. The highest BCUT2D eigenvalue weighted by Crippen LogP contribution is 2.26. The summed E-state index contributed by atoms with van der Waals surface area (Å²) in [5.41, 5.74) is 0.250. The molecule has 1 unspecified atom stereocenters. The predicted octanol–water partition coefficient (Wildman–Crippen LogP) is 5.04. The Kier molecular flexibility index (Phi) is 10.6. The number of aliphatic carboxylic acids is 1. The van der Waals surface area contributed by atoms with Crippen LogP contribution in [0.15, 0.2) is 12.1 Å². The van der Waals surface area contributed by atoms with Crippen molar-refractivity contribution in [3.63, 3.8) is 0 Å².